The van der Waals surface area contributed by atoms with E-state index in [2.05, 4.69) is 5.32 Å². The van der Waals surface area contributed by atoms with Gasteiger partial charge in [0.15, 0.2) is 0 Å². The van der Waals surface area contributed by atoms with Crippen LogP contribution in [-0.4, -0.2) is 27.1 Å². The molecule has 9 heteroatoms. The SMILES string of the molecule is CS(=O)(=O)N(CC(=O)Nc1ccccc1)c1cccc(C(F)(F)F)c1. The lowest BCUT2D eigenvalue weighted by Crippen LogP contribution is -2.37. The highest BCUT2D eigenvalue weighted by molar-refractivity contribution is 7.92. The largest absolute Gasteiger partial charge is 0.416 e. The Morgan fingerprint density at radius 3 is 2.28 bits per heavy atom. The second kappa shape index (κ2) is 7.14. The number of hydrogen-bond donors (Lipinski definition) is 1. The van der Waals surface area contributed by atoms with Crippen molar-refractivity contribution < 1.29 is 26.4 Å². The molecule has 134 valence electrons. The molecule has 5 nitrogen and oxygen atoms in total. The molecule has 0 aliphatic carbocycles. The average molecular weight is 372 g/mol. The summed E-state index contributed by atoms with van der Waals surface area (Å²) in [5, 5.41) is 2.49. The van der Waals surface area contributed by atoms with E-state index in [-0.39, 0.29) is 5.69 Å². The summed E-state index contributed by atoms with van der Waals surface area (Å²) >= 11 is 0. The van der Waals surface area contributed by atoms with Gasteiger partial charge in [0.25, 0.3) is 0 Å². The van der Waals surface area contributed by atoms with E-state index >= 15 is 0 Å². The molecular weight excluding hydrogens is 357 g/mol. The highest BCUT2D eigenvalue weighted by Gasteiger charge is 2.31. The molecule has 0 atom stereocenters. The van der Waals surface area contributed by atoms with Crippen molar-refractivity contribution in [2.75, 3.05) is 22.4 Å². The van der Waals surface area contributed by atoms with Crippen LogP contribution in [0.4, 0.5) is 24.5 Å². The lowest BCUT2D eigenvalue weighted by atomic mass is 10.2. The second-order valence-electron chi connectivity index (χ2n) is 5.23. The van der Waals surface area contributed by atoms with Crippen molar-refractivity contribution >= 4 is 27.3 Å². The Hall–Kier alpha value is -2.55. The normalized spacial score (nSPS) is 11.8. The Morgan fingerprint density at radius 2 is 1.72 bits per heavy atom. The van der Waals surface area contributed by atoms with Gasteiger partial charge in [-0.2, -0.15) is 13.2 Å². The maximum Gasteiger partial charge on any atom is 0.416 e. The van der Waals surface area contributed by atoms with Gasteiger partial charge in [-0.15, -0.1) is 0 Å². The highest BCUT2D eigenvalue weighted by Crippen LogP contribution is 2.32. The van der Waals surface area contributed by atoms with Gasteiger partial charge in [0.05, 0.1) is 17.5 Å². The number of amides is 1. The summed E-state index contributed by atoms with van der Waals surface area (Å²) in [5.41, 5.74) is -0.785. The monoisotopic (exact) mass is 372 g/mol. The quantitative estimate of drug-likeness (QED) is 0.877. The maximum absolute atomic E-state index is 12.8. The molecule has 0 saturated carbocycles. The Kier molecular flexibility index (Phi) is 5.36. The third kappa shape index (κ3) is 5.21. The number of benzene rings is 2. The summed E-state index contributed by atoms with van der Waals surface area (Å²) < 4.78 is 63.0. The third-order valence-electron chi connectivity index (χ3n) is 3.21. The van der Waals surface area contributed by atoms with Crippen molar-refractivity contribution in [3.8, 4) is 0 Å². The van der Waals surface area contributed by atoms with Crippen LogP contribution in [0.15, 0.2) is 54.6 Å². The molecular formula is C16H15F3N2O3S. The molecule has 0 unspecified atom stereocenters. The number of nitrogens with one attached hydrogen (secondary N) is 1. The molecule has 0 bridgehead atoms. The molecule has 0 heterocycles. The van der Waals surface area contributed by atoms with Gasteiger partial charge in [0.1, 0.15) is 6.54 Å². The van der Waals surface area contributed by atoms with Gasteiger partial charge in [-0.1, -0.05) is 24.3 Å². The zero-order chi connectivity index (χ0) is 18.7. The first kappa shape index (κ1) is 18.8. The molecule has 0 saturated heterocycles. The lowest BCUT2D eigenvalue weighted by molar-refractivity contribution is -0.137. The van der Waals surface area contributed by atoms with E-state index in [4.69, 9.17) is 0 Å². The Morgan fingerprint density at radius 1 is 1.08 bits per heavy atom. The minimum absolute atomic E-state index is 0.236. The summed E-state index contributed by atoms with van der Waals surface area (Å²) in [7, 11) is -3.96. The molecule has 2 aromatic rings. The second-order valence-corrected chi connectivity index (χ2v) is 7.14. The predicted molar refractivity (Wildman–Crippen MR) is 88.7 cm³/mol. The number of hydrogen-bond acceptors (Lipinski definition) is 3. The first-order chi connectivity index (χ1) is 11.6. The van der Waals surface area contributed by atoms with Gasteiger partial charge >= 0.3 is 6.18 Å². The number of alkyl halides is 3. The molecule has 0 aliphatic heterocycles. The molecule has 25 heavy (non-hydrogen) atoms. The number of para-hydroxylation sites is 1. The summed E-state index contributed by atoms with van der Waals surface area (Å²) in [6, 6.07) is 12.1. The minimum Gasteiger partial charge on any atom is -0.325 e. The standard InChI is InChI=1S/C16H15F3N2O3S/c1-25(23,24)21(11-15(22)20-13-7-3-2-4-8-13)14-9-5-6-12(10-14)16(17,18)19/h2-10H,11H2,1H3,(H,20,22). The Balaban J connectivity index is 2.27. The Bertz CT molecular complexity index is 852. The fourth-order valence-corrected chi connectivity index (χ4v) is 2.94. The van der Waals surface area contributed by atoms with Crippen molar-refractivity contribution in [2.45, 2.75) is 6.18 Å². The molecule has 1 amide bonds. The first-order valence-corrected chi connectivity index (χ1v) is 8.92. The number of anilines is 2. The van der Waals surface area contributed by atoms with Gasteiger partial charge < -0.3 is 5.32 Å². The number of rotatable bonds is 5. The van der Waals surface area contributed by atoms with E-state index in [0.717, 1.165) is 18.4 Å². The van der Waals surface area contributed by atoms with Crippen LogP contribution in [0.5, 0.6) is 0 Å². The summed E-state index contributed by atoms with van der Waals surface area (Å²) in [4.78, 5) is 12.1. The minimum atomic E-state index is -4.62. The van der Waals surface area contributed by atoms with Crippen LogP contribution in [0.2, 0.25) is 0 Å². The van der Waals surface area contributed by atoms with E-state index in [1.165, 1.54) is 6.07 Å². The van der Waals surface area contributed by atoms with Crippen molar-refractivity contribution in [1.29, 1.82) is 0 Å². The van der Waals surface area contributed by atoms with E-state index in [0.29, 0.717) is 16.1 Å². The highest BCUT2D eigenvalue weighted by atomic mass is 32.2. The van der Waals surface area contributed by atoms with Gasteiger partial charge in [-0.25, -0.2) is 8.42 Å². The number of carbonyl (C=O) groups excluding carboxylic acids is 1. The molecule has 0 fully saturated rings. The van der Waals surface area contributed by atoms with Crippen LogP contribution in [-0.2, 0) is 21.0 Å². The maximum atomic E-state index is 12.8. The van der Waals surface area contributed by atoms with Crippen LogP contribution in [0.25, 0.3) is 0 Å². The summed E-state index contributed by atoms with van der Waals surface area (Å²) in [6.07, 6.45) is -3.80. The predicted octanol–water partition coefficient (Wildman–Crippen LogP) is 3.11. The lowest BCUT2D eigenvalue weighted by Gasteiger charge is -2.22. The van der Waals surface area contributed by atoms with Crippen LogP contribution in [0, 0.1) is 0 Å². The third-order valence-corrected chi connectivity index (χ3v) is 4.35. The number of halogens is 3. The number of carbonyl (C=O) groups is 1. The first-order valence-electron chi connectivity index (χ1n) is 7.07. The average Bonchev–Trinajstić information content (AvgIpc) is 2.52. The van der Waals surface area contributed by atoms with E-state index in [1.54, 1.807) is 30.3 Å². The number of nitrogens with zero attached hydrogens (tertiary/aromatic N) is 1. The van der Waals surface area contributed by atoms with E-state index in [1.807, 2.05) is 0 Å². The zero-order valence-corrected chi connectivity index (χ0v) is 13.9. The van der Waals surface area contributed by atoms with E-state index in [9.17, 15) is 26.4 Å². The summed E-state index contributed by atoms with van der Waals surface area (Å²) in [6.45, 7) is -0.644. The zero-order valence-electron chi connectivity index (χ0n) is 13.1. The summed E-state index contributed by atoms with van der Waals surface area (Å²) in [5.74, 6) is -0.672. The topological polar surface area (TPSA) is 66.5 Å². The van der Waals surface area contributed by atoms with Crippen LogP contribution in [0.1, 0.15) is 5.56 Å². The van der Waals surface area contributed by atoms with Crippen molar-refractivity contribution in [3.05, 3.63) is 60.2 Å². The van der Waals surface area contributed by atoms with Crippen molar-refractivity contribution in [3.63, 3.8) is 0 Å². The molecule has 0 radical (unpaired) electrons. The van der Waals surface area contributed by atoms with Gasteiger partial charge in [-0.3, -0.25) is 9.10 Å². The molecule has 0 aromatic heterocycles. The van der Waals surface area contributed by atoms with Crippen LogP contribution >= 0.6 is 0 Å². The van der Waals surface area contributed by atoms with E-state index < -0.39 is 34.2 Å². The smallest absolute Gasteiger partial charge is 0.325 e. The van der Waals surface area contributed by atoms with Gasteiger partial charge in [0.2, 0.25) is 15.9 Å². The van der Waals surface area contributed by atoms with Gasteiger partial charge in [-0.05, 0) is 30.3 Å². The Labute approximate surface area is 143 Å². The van der Waals surface area contributed by atoms with Crippen LogP contribution < -0.4 is 9.62 Å². The molecule has 2 aromatic carbocycles. The molecule has 1 N–H and O–H groups in total. The van der Waals surface area contributed by atoms with Crippen LogP contribution in [0.3, 0.4) is 0 Å². The van der Waals surface area contributed by atoms with Gasteiger partial charge in [0, 0.05) is 5.69 Å². The fraction of sp³-hybridized carbons (Fsp3) is 0.188. The van der Waals surface area contributed by atoms with Crippen molar-refractivity contribution in [1.82, 2.24) is 0 Å². The molecule has 0 aliphatic rings. The molecule has 0 spiro atoms. The number of sulfonamides is 1. The van der Waals surface area contributed by atoms with Crippen molar-refractivity contribution in [2.24, 2.45) is 0 Å². The molecule has 2 rings (SSSR count). The fourth-order valence-electron chi connectivity index (χ4n) is 2.09.